The normalized spacial score (nSPS) is 11.5. The predicted octanol–water partition coefficient (Wildman–Crippen LogP) is 4.02. The molecule has 0 fully saturated rings. The maximum absolute atomic E-state index is 13.5. The number of rotatable bonds is 8. The van der Waals surface area contributed by atoms with E-state index >= 15 is 0 Å². The van der Waals surface area contributed by atoms with Crippen LogP contribution in [0, 0.1) is 17.1 Å². The van der Waals surface area contributed by atoms with E-state index in [0.717, 1.165) is 5.56 Å². The second kappa shape index (κ2) is 9.75. The first-order valence-corrected chi connectivity index (χ1v) is 10.3. The minimum atomic E-state index is -0.906. The van der Waals surface area contributed by atoms with Crippen LogP contribution >= 0.6 is 0 Å². The molecule has 1 unspecified atom stereocenters. The van der Waals surface area contributed by atoms with E-state index in [-0.39, 0.29) is 5.82 Å². The quantitative estimate of drug-likeness (QED) is 0.426. The molecule has 4 rings (SSSR count). The number of benzene rings is 2. The van der Waals surface area contributed by atoms with Gasteiger partial charge >= 0.3 is 0 Å². The Morgan fingerprint density at radius 1 is 1.15 bits per heavy atom. The summed E-state index contributed by atoms with van der Waals surface area (Å²) >= 11 is 0. The Kier molecular flexibility index (Phi) is 6.41. The Bertz CT molecular complexity index is 1310. The number of carbonyl (C=O) groups excluding carboxylic acids is 1. The molecule has 164 valence electrons. The van der Waals surface area contributed by atoms with Crippen LogP contribution in [0.2, 0.25) is 0 Å². The van der Waals surface area contributed by atoms with Crippen LogP contribution in [0.25, 0.3) is 11.3 Å². The fraction of sp³-hybridized carbons (Fsp3) is 0.120. The molecule has 3 N–H and O–H groups in total. The SMILES string of the molecule is N#Cc1ccccc1-c1ccc(C(C(N)=O)c2ccno2)c(NCCc2cccc(F)c2)n1. The molecule has 0 aliphatic heterocycles. The molecule has 2 aromatic heterocycles. The fourth-order valence-electron chi connectivity index (χ4n) is 3.64. The average Bonchev–Trinajstić information content (AvgIpc) is 3.34. The molecule has 2 heterocycles. The number of amides is 1. The van der Waals surface area contributed by atoms with Crippen LogP contribution in [0.5, 0.6) is 0 Å². The van der Waals surface area contributed by atoms with Crippen molar-refractivity contribution in [2.75, 3.05) is 11.9 Å². The first-order chi connectivity index (χ1) is 16.1. The summed E-state index contributed by atoms with van der Waals surface area (Å²) in [5.74, 6) is -1.12. The van der Waals surface area contributed by atoms with Crippen LogP contribution in [0.15, 0.2) is 77.4 Å². The molecule has 0 spiro atoms. The van der Waals surface area contributed by atoms with E-state index in [1.165, 1.54) is 18.3 Å². The van der Waals surface area contributed by atoms with Gasteiger partial charge in [-0.3, -0.25) is 4.79 Å². The van der Waals surface area contributed by atoms with Crippen LogP contribution in [0.1, 0.15) is 28.4 Å². The van der Waals surface area contributed by atoms with Crippen molar-refractivity contribution in [1.82, 2.24) is 10.1 Å². The van der Waals surface area contributed by atoms with E-state index < -0.39 is 11.8 Å². The van der Waals surface area contributed by atoms with Gasteiger partial charge < -0.3 is 15.6 Å². The number of halogens is 1. The van der Waals surface area contributed by atoms with Crippen molar-refractivity contribution in [1.29, 1.82) is 5.26 Å². The van der Waals surface area contributed by atoms with Gasteiger partial charge in [0.2, 0.25) is 5.91 Å². The second-order valence-corrected chi connectivity index (χ2v) is 7.35. The standard InChI is InChI=1S/C25H20FN5O2/c26-18-6-3-4-16(14-18)10-12-29-25-20(23(24(28)32)22-11-13-30-33-22)8-9-21(31-25)19-7-2-1-5-17(19)15-27/h1-9,11,13-14,23H,10,12H2,(H2,28,32)(H,29,31). The van der Waals surface area contributed by atoms with Gasteiger partial charge in [0, 0.05) is 23.7 Å². The van der Waals surface area contributed by atoms with Crippen LogP contribution in [-0.2, 0) is 11.2 Å². The van der Waals surface area contributed by atoms with E-state index in [1.54, 1.807) is 42.5 Å². The summed E-state index contributed by atoms with van der Waals surface area (Å²) in [6.07, 6.45) is 1.97. The molecule has 4 aromatic rings. The summed E-state index contributed by atoms with van der Waals surface area (Å²) in [4.78, 5) is 17.0. The van der Waals surface area contributed by atoms with E-state index in [2.05, 4.69) is 16.5 Å². The highest BCUT2D eigenvalue weighted by Gasteiger charge is 2.27. The number of primary amides is 1. The van der Waals surface area contributed by atoms with Gasteiger partial charge in [0.05, 0.1) is 23.5 Å². The smallest absolute Gasteiger partial charge is 0.232 e. The number of anilines is 1. The minimum absolute atomic E-state index is 0.294. The number of aromatic nitrogens is 2. The molecule has 7 nitrogen and oxygen atoms in total. The zero-order valence-corrected chi connectivity index (χ0v) is 17.5. The average molecular weight is 441 g/mol. The number of pyridine rings is 1. The number of nitrogens with two attached hydrogens (primary N) is 1. The summed E-state index contributed by atoms with van der Waals surface area (Å²) in [7, 11) is 0. The van der Waals surface area contributed by atoms with Crippen molar-refractivity contribution in [3.8, 4) is 17.3 Å². The van der Waals surface area contributed by atoms with Crippen molar-refractivity contribution in [3.63, 3.8) is 0 Å². The molecule has 0 saturated heterocycles. The van der Waals surface area contributed by atoms with Crippen LogP contribution in [0.3, 0.4) is 0 Å². The maximum atomic E-state index is 13.5. The van der Waals surface area contributed by atoms with Crippen molar-refractivity contribution in [2.24, 2.45) is 5.73 Å². The van der Waals surface area contributed by atoms with Crippen molar-refractivity contribution in [2.45, 2.75) is 12.3 Å². The monoisotopic (exact) mass is 441 g/mol. The highest BCUT2D eigenvalue weighted by molar-refractivity contribution is 5.87. The third-order valence-corrected chi connectivity index (χ3v) is 5.18. The van der Waals surface area contributed by atoms with E-state index in [9.17, 15) is 14.4 Å². The summed E-state index contributed by atoms with van der Waals surface area (Å²) < 4.78 is 18.7. The summed E-state index contributed by atoms with van der Waals surface area (Å²) in [6.45, 7) is 0.425. The van der Waals surface area contributed by atoms with Gasteiger partial charge in [-0.05, 0) is 36.2 Å². The van der Waals surface area contributed by atoms with E-state index in [4.69, 9.17) is 15.2 Å². The van der Waals surface area contributed by atoms with Gasteiger partial charge in [-0.1, -0.05) is 41.6 Å². The summed E-state index contributed by atoms with van der Waals surface area (Å²) in [5.41, 5.74) is 8.72. The number of hydrogen-bond donors (Lipinski definition) is 2. The number of nitriles is 1. The zero-order valence-electron chi connectivity index (χ0n) is 17.5. The predicted molar refractivity (Wildman–Crippen MR) is 121 cm³/mol. The molecule has 0 radical (unpaired) electrons. The van der Waals surface area contributed by atoms with E-state index in [1.807, 2.05) is 12.1 Å². The molecule has 0 aliphatic rings. The largest absolute Gasteiger partial charge is 0.369 e. The molecule has 0 bridgehead atoms. The minimum Gasteiger partial charge on any atom is -0.369 e. The third kappa shape index (κ3) is 4.88. The van der Waals surface area contributed by atoms with Crippen molar-refractivity contribution in [3.05, 3.63) is 101 Å². The first-order valence-electron chi connectivity index (χ1n) is 10.3. The Labute approximate surface area is 189 Å². The summed E-state index contributed by atoms with van der Waals surface area (Å²) in [6, 6.07) is 20.7. The van der Waals surface area contributed by atoms with Crippen LogP contribution in [-0.4, -0.2) is 22.6 Å². The first kappa shape index (κ1) is 21.7. The van der Waals surface area contributed by atoms with Gasteiger partial charge in [-0.15, -0.1) is 0 Å². The number of nitrogens with one attached hydrogen (secondary N) is 1. The Balaban J connectivity index is 1.72. The van der Waals surface area contributed by atoms with Crippen molar-refractivity contribution < 1.29 is 13.7 Å². The number of hydrogen-bond acceptors (Lipinski definition) is 6. The molecular formula is C25H20FN5O2. The topological polar surface area (TPSA) is 118 Å². The molecule has 1 amide bonds. The molecule has 8 heteroatoms. The lowest BCUT2D eigenvalue weighted by Gasteiger charge is -2.17. The third-order valence-electron chi connectivity index (χ3n) is 5.18. The van der Waals surface area contributed by atoms with E-state index in [0.29, 0.717) is 46.9 Å². The van der Waals surface area contributed by atoms with Gasteiger partial charge in [0.15, 0.2) is 5.76 Å². The summed E-state index contributed by atoms with van der Waals surface area (Å²) in [5, 5.41) is 16.4. The zero-order chi connectivity index (χ0) is 23.2. The second-order valence-electron chi connectivity index (χ2n) is 7.35. The maximum Gasteiger partial charge on any atom is 0.232 e. The highest BCUT2D eigenvalue weighted by atomic mass is 19.1. The lowest BCUT2D eigenvalue weighted by Crippen LogP contribution is -2.24. The fourth-order valence-corrected chi connectivity index (χ4v) is 3.64. The number of carbonyl (C=O) groups is 1. The molecule has 0 aliphatic carbocycles. The number of nitrogens with zero attached hydrogens (tertiary/aromatic N) is 3. The Morgan fingerprint density at radius 3 is 2.73 bits per heavy atom. The van der Waals surface area contributed by atoms with Gasteiger partial charge in [-0.25, -0.2) is 9.37 Å². The lowest BCUT2D eigenvalue weighted by molar-refractivity contribution is -0.118. The molecule has 0 saturated carbocycles. The van der Waals surface area contributed by atoms with Crippen LogP contribution in [0.4, 0.5) is 10.2 Å². The molecule has 33 heavy (non-hydrogen) atoms. The van der Waals surface area contributed by atoms with Crippen molar-refractivity contribution >= 4 is 11.7 Å². The molecule has 1 atom stereocenters. The van der Waals surface area contributed by atoms with Gasteiger partial charge in [-0.2, -0.15) is 5.26 Å². The molecule has 2 aromatic carbocycles. The van der Waals surface area contributed by atoms with Gasteiger partial charge in [0.25, 0.3) is 0 Å². The molecular weight excluding hydrogens is 421 g/mol. The Hall–Kier alpha value is -4.51. The van der Waals surface area contributed by atoms with Crippen LogP contribution < -0.4 is 11.1 Å². The van der Waals surface area contributed by atoms with Gasteiger partial charge in [0.1, 0.15) is 17.6 Å². The highest BCUT2D eigenvalue weighted by Crippen LogP contribution is 2.32. The lowest BCUT2D eigenvalue weighted by atomic mass is 9.95. The Morgan fingerprint density at radius 2 is 2.00 bits per heavy atom.